The van der Waals surface area contributed by atoms with Gasteiger partial charge in [-0.1, -0.05) is 12.1 Å². The van der Waals surface area contributed by atoms with Gasteiger partial charge in [-0.05, 0) is 64.7 Å². The molecule has 0 fully saturated rings. The SMILES string of the molecule is CSCCC(NC(=O)c1ccccc1Br)C(=O)Nc1ccc2oc(C)nc2c1. The Morgan fingerprint density at radius 2 is 2.04 bits per heavy atom. The number of aromatic nitrogens is 1. The van der Waals surface area contributed by atoms with Crippen molar-refractivity contribution >= 4 is 56.3 Å². The number of carbonyl (C=O) groups is 2. The summed E-state index contributed by atoms with van der Waals surface area (Å²) in [6.45, 7) is 1.77. The maximum atomic E-state index is 12.8. The highest BCUT2D eigenvalue weighted by atomic mass is 79.9. The highest BCUT2D eigenvalue weighted by Gasteiger charge is 2.22. The highest BCUT2D eigenvalue weighted by molar-refractivity contribution is 9.10. The molecule has 1 heterocycles. The van der Waals surface area contributed by atoms with Gasteiger partial charge in [-0.15, -0.1) is 0 Å². The van der Waals surface area contributed by atoms with Crippen LogP contribution in [0.25, 0.3) is 11.1 Å². The van der Waals surface area contributed by atoms with Crippen LogP contribution in [0, 0.1) is 6.92 Å². The first-order valence-corrected chi connectivity index (χ1v) is 10.9. The van der Waals surface area contributed by atoms with E-state index in [9.17, 15) is 9.59 Å². The van der Waals surface area contributed by atoms with Crippen LogP contribution in [-0.2, 0) is 4.79 Å². The maximum Gasteiger partial charge on any atom is 0.253 e. The van der Waals surface area contributed by atoms with Gasteiger partial charge in [0, 0.05) is 17.1 Å². The molecule has 3 aromatic rings. The Hall–Kier alpha value is -2.32. The van der Waals surface area contributed by atoms with Gasteiger partial charge in [0.25, 0.3) is 5.91 Å². The van der Waals surface area contributed by atoms with Crippen LogP contribution >= 0.6 is 27.7 Å². The molecule has 2 N–H and O–H groups in total. The minimum absolute atomic E-state index is 0.269. The molecule has 1 aromatic heterocycles. The third-order valence-electron chi connectivity index (χ3n) is 4.11. The number of amides is 2. The first kappa shape index (κ1) is 20.4. The monoisotopic (exact) mass is 461 g/mol. The summed E-state index contributed by atoms with van der Waals surface area (Å²) in [4.78, 5) is 29.7. The van der Waals surface area contributed by atoms with E-state index in [0.717, 1.165) is 5.75 Å². The van der Waals surface area contributed by atoms with Crippen LogP contribution in [0.2, 0.25) is 0 Å². The lowest BCUT2D eigenvalue weighted by Gasteiger charge is -2.18. The number of hydrogen-bond acceptors (Lipinski definition) is 5. The van der Waals surface area contributed by atoms with Crippen LogP contribution in [0.3, 0.4) is 0 Å². The second-order valence-corrected chi connectivity index (χ2v) is 8.03. The summed E-state index contributed by atoms with van der Waals surface area (Å²) in [5, 5.41) is 5.71. The van der Waals surface area contributed by atoms with Crippen LogP contribution in [0.5, 0.6) is 0 Å². The van der Waals surface area contributed by atoms with Gasteiger partial charge in [-0.2, -0.15) is 11.8 Å². The second kappa shape index (κ2) is 9.25. The van der Waals surface area contributed by atoms with Gasteiger partial charge >= 0.3 is 0 Å². The van der Waals surface area contributed by atoms with Crippen molar-refractivity contribution in [1.82, 2.24) is 10.3 Å². The number of aryl methyl sites for hydroxylation is 1. The van der Waals surface area contributed by atoms with E-state index in [1.807, 2.05) is 12.3 Å². The number of thioether (sulfide) groups is 1. The third kappa shape index (κ3) is 4.94. The van der Waals surface area contributed by atoms with E-state index in [-0.39, 0.29) is 11.8 Å². The fourth-order valence-electron chi connectivity index (χ4n) is 2.74. The van der Waals surface area contributed by atoms with E-state index < -0.39 is 6.04 Å². The molecular formula is C20H20BrN3O3S. The molecule has 0 spiro atoms. The van der Waals surface area contributed by atoms with E-state index in [1.54, 1.807) is 55.1 Å². The number of fused-ring (bicyclic) bond motifs is 1. The van der Waals surface area contributed by atoms with E-state index in [2.05, 4.69) is 31.5 Å². The minimum atomic E-state index is -0.651. The van der Waals surface area contributed by atoms with Crippen molar-refractivity contribution in [3.63, 3.8) is 0 Å². The Kier molecular flexibility index (Phi) is 6.74. The Labute approximate surface area is 175 Å². The predicted molar refractivity (Wildman–Crippen MR) is 116 cm³/mol. The summed E-state index contributed by atoms with van der Waals surface area (Å²) < 4.78 is 6.14. The van der Waals surface area contributed by atoms with Crippen molar-refractivity contribution in [2.24, 2.45) is 0 Å². The lowest BCUT2D eigenvalue weighted by atomic mass is 10.1. The molecule has 8 heteroatoms. The van der Waals surface area contributed by atoms with E-state index >= 15 is 0 Å². The van der Waals surface area contributed by atoms with Crippen molar-refractivity contribution in [2.45, 2.75) is 19.4 Å². The molecule has 1 atom stereocenters. The molecule has 1 unspecified atom stereocenters. The molecule has 0 aliphatic heterocycles. The topological polar surface area (TPSA) is 84.2 Å². The summed E-state index contributed by atoms with van der Waals surface area (Å²) in [6, 6.07) is 11.7. The van der Waals surface area contributed by atoms with Crippen molar-refractivity contribution < 1.29 is 14.0 Å². The first-order chi connectivity index (χ1) is 13.5. The average molecular weight is 462 g/mol. The van der Waals surface area contributed by atoms with Crippen LogP contribution in [-0.4, -0.2) is 34.8 Å². The van der Waals surface area contributed by atoms with Gasteiger partial charge < -0.3 is 15.1 Å². The Morgan fingerprint density at radius 1 is 1.25 bits per heavy atom. The molecule has 3 rings (SSSR count). The Morgan fingerprint density at radius 3 is 2.79 bits per heavy atom. The highest BCUT2D eigenvalue weighted by Crippen LogP contribution is 2.20. The molecule has 146 valence electrons. The quantitative estimate of drug-likeness (QED) is 0.544. The summed E-state index contributed by atoms with van der Waals surface area (Å²) in [7, 11) is 0. The second-order valence-electron chi connectivity index (χ2n) is 6.19. The molecule has 6 nitrogen and oxygen atoms in total. The van der Waals surface area contributed by atoms with Crippen LogP contribution in [0.4, 0.5) is 5.69 Å². The normalized spacial score (nSPS) is 12.0. The molecular weight excluding hydrogens is 442 g/mol. The summed E-state index contributed by atoms with van der Waals surface area (Å²) in [6.07, 6.45) is 2.49. The lowest BCUT2D eigenvalue weighted by molar-refractivity contribution is -0.118. The van der Waals surface area contributed by atoms with Crippen LogP contribution in [0.15, 0.2) is 51.4 Å². The first-order valence-electron chi connectivity index (χ1n) is 8.70. The number of nitrogens with one attached hydrogen (secondary N) is 2. The van der Waals surface area contributed by atoms with Gasteiger partial charge in [0.1, 0.15) is 11.6 Å². The number of benzene rings is 2. The minimum Gasteiger partial charge on any atom is -0.441 e. The van der Waals surface area contributed by atoms with E-state index in [0.29, 0.717) is 39.1 Å². The largest absolute Gasteiger partial charge is 0.441 e. The number of carbonyl (C=O) groups excluding carboxylic acids is 2. The number of anilines is 1. The molecule has 0 bridgehead atoms. The van der Waals surface area contributed by atoms with Gasteiger partial charge in [0.2, 0.25) is 5.91 Å². The summed E-state index contributed by atoms with van der Waals surface area (Å²) in [5.74, 6) is 0.748. The summed E-state index contributed by atoms with van der Waals surface area (Å²) in [5.41, 5.74) is 2.43. The van der Waals surface area contributed by atoms with Crippen LogP contribution < -0.4 is 10.6 Å². The number of oxazole rings is 1. The fraction of sp³-hybridized carbons (Fsp3) is 0.250. The van der Waals surface area contributed by atoms with Gasteiger partial charge in [-0.25, -0.2) is 4.98 Å². The smallest absolute Gasteiger partial charge is 0.253 e. The summed E-state index contributed by atoms with van der Waals surface area (Å²) >= 11 is 5.00. The van der Waals surface area contributed by atoms with Crippen LogP contribution in [0.1, 0.15) is 22.7 Å². The molecule has 0 saturated carbocycles. The third-order valence-corrected chi connectivity index (χ3v) is 5.45. The Balaban J connectivity index is 1.74. The number of rotatable bonds is 7. The zero-order chi connectivity index (χ0) is 20.1. The average Bonchev–Trinajstić information content (AvgIpc) is 3.04. The zero-order valence-corrected chi connectivity index (χ0v) is 17.9. The van der Waals surface area contributed by atoms with Crippen molar-refractivity contribution in [3.05, 3.63) is 58.4 Å². The van der Waals surface area contributed by atoms with Gasteiger partial charge in [0.05, 0.1) is 5.56 Å². The van der Waals surface area contributed by atoms with Crippen molar-refractivity contribution in [2.75, 3.05) is 17.3 Å². The van der Waals surface area contributed by atoms with Crippen molar-refractivity contribution in [1.29, 1.82) is 0 Å². The van der Waals surface area contributed by atoms with E-state index in [1.165, 1.54) is 0 Å². The van der Waals surface area contributed by atoms with Gasteiger partial charge in [0.15, 0.2) is 11.5 Å². The number of nitrogens with zero attached hydrogens (tertiary/aromatic N) is 1. The standard InChI is InChI=1S/C20H20BrN3O3S/c1-12-22-17-11-13(7-8-18(17)27-12)23-20(26)16(9-10-28-2)24-19(25)14-5-3-4-6-15(14)21/h3-8,11,16H,9-10H2,1-2H3,(H,23,26)(H,24,25). The lowest BCUT2D eigenvalue weighted by Crippen LogP contribution is -2.44. The van der Waals surface area contributed by atoms with Crippen molar-refractivity contribution in [3.8, 4) is 0 Å². The molecule has 28 heavy (non-hydrogen) atoms. The zero-order valence-electron chi connectivity index (χ0n) is 15.5. The molecule has 2 aromatic carbocycles. The molecule has 0 aliphatic rings. The molecule has 0 radical (unpaired) electrons. The Bertz CT molecular complexity index is 1010. The maximum absolute atomic E-state index is 12.8. The van der Waals surface area contributed by atoms with Gasteiger partial charge in [-0.3, -0.25) is 9.59 Å². The number of halogens is 1. The fourth-order valence-corrected chi connectivity index (χ4v) is 3.67. The predicted octanol–water partition coefficient (Wildman–Crippen LogP) is 4.39. The molecule has 0 saturated heterocycles. The number of hydrogen-bond donors (Lipinski definition) is 2. The molecule has 2 amide bonds. The van der Waals surface area contributed by atoms with E-state index in [4.69, 9.17) is 4.42 Å². The molecule has 0 aliphatic carbocycles.